The molecule has 2 aromatic rings. The van der Waals surface area contributed by atoms with Crippen LogP contribution in [0.25, 0.3) is 11.6 Å². The molecule has 6 nitrogen and oxygen atoms in total. The van der Waals surface area contributed by atoms with Crippen LogP contribution in [0.15, 0.2) is 28.9 Å². The Kier molecular flexibility index (Phi) is 3.94. The first-order valence-corrected chi connectivity index (χ1v) is 8.10. The summed E-state index contributed by atoms with van der Waals surface area (Å²) in [5.41, 5.74) is 1.27. The van der Waals surface area contributed by atoms with Gasteiger partial charge in [-0.05, 0) is 44.8 Å². The van der Waals surface area contributed by atoms with Crippen molar-refractivity contribution >= 4 is 31.3 Å². The predicted octanol–water partition coefficient (Wildman–Crippen LogP) is 1.97. The third-order valence-electron chi connectivity index (χ3n) is 4.52. The normalized spacial score (nSPS) is 20.4. The number of fused-ring (bicyclic) bond motifs is 1. The Morgan fingerprint density at radius 3 is 2.61 bits per heavy atom. The molecule has 8 heteroatoms. The molecule has 0 aromatic carbocycles. The summed E-state index contributed by atoms with van der Waals surface area (Å²) in [6, 6.07) is 1.78. The van der Waals surface area contributed by atoms with Gasteiger partial charge in [-0.3, -0.25) is 4.79 Å². The Labute approximate surface area is 140 Å². The highest BCUT2D eigenvalue weighted by atomic mass is 32.1. The van der Waals surface area contributed by atoms with Gasteiger partial charge in [-0.2, -0.15) is 17.7 Å². The minimum Gasteiger partial charge on any atom is -0.400 e. The molecule has 0 radical (unpaired) electrons. The van der Waals surface area contributed by atoms with Gasteiger partial charge < -0.3 is 14.3 Å². The molecule has 2 aromatic heterocycles. The van der Waals surface area contributed by atoms with Crippen LogP contribution in [0.5, 0.6) is 0 Å². The second-order valence-corrected chi connectivity index (χ2v) is 7.00. The summed E-state index contributed by atoms with van der Waals surface area (Å²) >= 11 is 4.40. The summed E-state index contributed by atoms with van der Waals surface area (Å²) in [4.78, 5) is 14.3. The molecule has 0 bridgehead atoms. The Morgan fingerprint density at radius 2 is 2.04 bits per heavy atom. The fourth-order valence-electron chi connectivity index (χ4n) is 2.44. The Hall–Kier alpha value is -1.51. The number of rotatable bonds is 3. The molecule has 1 N–H and O–H groups in total. The van der Waals surface area contributed by atoms with Gasteiger partial charge in [0.2, 0.25) is 0 Å². The highest BCUT2D eigenvalue weighted by molar-refractivity contribution is 7.80. The molecular formula is C15H20BN3O3S. The van der Waals surface area contributed by atoms with Crippen molar-refractivity contribution in [1.82, 2.24) is 14.6 Å². The van der Waals surface area contributed by atoms with Gasteiger partial charge >= 0.3 is 7.12 Å². The van der Waals surface area contributed by atoms with Gasteiger partial charge in [0.05, 0.1) is 11.2 Å². The Morgan fingerprint density at radius 1 is 1.39 bits per heavy atom. The highest BCUT2D eigenvalue weighted by Crippen LogP contribution is 2.39. The molecule has 1 fully saturated rings. The molecule has 0 unspecified atom stereocenters. The van der Waals surface area contributed by atoms with Crippen LogP contribution in [-0.4, -0.2) is 38.7 Å². The molecule has 1 aliphatic heterocycles. The lowest BCUT2D eigenvalue weighted by molar-refractivity contribution is 0.00578. The maximum atomic E-state index is 11.8. The van der Waals surface area contributed by atoms with Crippen LogP contribution in [-0.2, 0) is 9.31 Å². The second kappa shape index (κ2) is 5.54. The zero-order valence-corrected chi connectivity index (χ0v) is 14.6. The first-order chi connectivity index (χ1) is 10.7. The van der Waals surface area contributed by atoms with Crippen molar-refractivity contribution in [2.24, 2.45) is 0 Å². The molecule has 3 rings (SSSR count). The van der Waals surface area contributed by atoms with Crippen molar-refractivity contribution in [3.8, 4) is 0 Å². The number of hydrogen-bond donors (Lipinski definition) is 2. The number of aromatic amines is 1. The van der Waals surface area contributed by atoms with Crippen LogP contribution in [0.3, 0.4) is 0 Å². The second-order valence-electron chi connectivity index (χ2n) is 6.69. The van der Waals surface area contributed by atoms with Crippen LogP contribution in [0.2, 0.25) is 0 Å². The van der Waals surface area contributed by atoms with E-state index in [4.69, 9.17) is 9.31 Å². The maximum Gasteiger partial charge on any atom is 0.491 e. The van der Waals surface area contributed by atoms with E-state index < -0.39 is 18.3 Å². The van der Waals surface area contributed by atoms with Gasteiger partial charge in [-0.15, -0.1) is 0 Å². The average molecular weight is 333 g/mol. The number of nitrogens with zero attached hydrogens (tertiary/aromatic N) is 2. The van der Waals surface area contributed by atoms with Gasteiger partial charge in [-0.1, -0.05) is 6.08 Å². The van der Waals surface area contributed by atoms with Crippen molar-refractivity contribution < 1.29 is 9.31 Å². The van der Waals surface area contributed by atoms with E-state index in [0.717, 1.165) is 11.0 Å². The van der Waals surface area contributed by atoms with E-state index in [2.05, 4.69) is 22.7 Å². The van der Waals surface area contributed by atoms with Gasteiger partial charge in [0.15, 0.2) is 0 Å². The molecule has 23 heavy (non-hydrogen) atoms. The van der Waals surface area contributed by atoms with Crippen molar-refractivity contribution in [2.75, 3.05) is 5.75 Å². The summed E-state index contributed by atoms with van der Waals surface area (Å²) in [6.07, 6.45) is 5.10. The van der Waals surface area contributed by atoms with Crippen molar-refractivity contribution in [3.63, 3.8) is 0 Å². The Bertz CT molecular complexity index is 809. The minimum absolute atomic E-state index is 0.178. The number of hydrogen-bond acceptors (Lipinski definition) is 5. The lowest BCUT2D eigenvalue weighted by Gasteiger charge is -2.32. The van der Waals surface area contributed by atoms with Crippen LogP contribution >= 0.6 is 12.6 Å². The van der Waals surface area contributed by atoms with E-state index in [1.165, 1.54) is 6.33 Å². The monoisotopic (exact) mass is 333 g/mol. The maximum absolute atomic E-state index is 11.8. The number of thiol groups is 1. The molecular weight excluding hydrogens is 313 g/mol. The topological polar surface area (TPSA) is 68.6 Å². The largest absolute Gasteiger partial charge is 0.491 e. The van der Waals surface area contributed by atoms with E-state index >= 15 is 0 Å². The zero-order chi connectivity index (χ0) is 16.8. The third-order valence-corrected chi connectivity index (χ3v) is 4.89. The first-order valence-electron chi connectivity index (χ1n) is 7.46. The predicted molar refractivity (Wildman–Crippen MR) is 93.7 cm³/mol. The van der Waals surface area contributed by atoms with Gasteiger partial charge in [0.1, 0.15) is 11.8 Å². The number of aromatic nitrogens is 3. The molecule has 3 heterocycles. The van der Waals surface area contributed by atoms with Crippen LogP contribution in [0.1, 0.15) is 33.3 Å². The molecule has 122 valence electrons. The number of H-pyrrole nitrogens is 1. The third kappa shape index (κ3) is 2.86. The van der Waals surface area contributed by atoms with Crippen molar-refractivity contribution in [1.29, 1.82) is 0 Å². The first kappa shape index (κ1) is 16.4. The quantitative estimate of drug-likeness (QED) is 0.666. The highest BCUT2D eigenvalue weighted by Gasteiger charge is 2.52. The summed E-state index contributed by atoms with van der Waals surface area (Å²) in [5.74, 6) is 0.493. The van der Waals surface area contributed by atoms with E-state index in [1.807, 2.05) is 33.8 Å². The van der Waals surface area contributed by atoms with Gasteiger partial charge in [0, 0.05) is 11.9 Å². The molecule has 1 saturated heterocycles. The lowest BCUT2D eigenvalue weighted by atomic mass is 9.78. The average Bonchev–Trinajstić information content (AvgIpc) is 2.96. The molecule has 0 atom stereocenters. The molecule has 0 amide bonds. The number of nitrogens with one attached hydrogen (secondary N) is 1. The van der Waals surface area contributed by atoms with E-state index in [-0.39, 0.29) is 5.56 Å². The van der Waals surface area contributed by atoms with Crippen LogP contribution < -0.4 is 5.56 Å². The summed E-state index contributed by atoms with van der Waals surface area (Å²) in [6.45, 7) is 8.05. The standard InChI is InChI=1S/C15H20BN3O3S/c1-14(2)15(3,4)22-16(21-14)11(8-23)5-10-6-12-13(20)17-9-18-19(12)7-10/h5-7,9,23H,8H2,1-4H3,(H,17,18,20). The van der Waals surface area contributed by atoms with Crippen molar-refractivity contribution in [3.05, 3.63) is 40.0 Å². The summed E-state index contributed by atoms with van der Waals surface area (Å²) < 4.78 is 13.7. The Balaban J connectivity index is 1.96. The van der Waals surface area contributed by atoms with Crippen LogP contribution in [0, 0.1) is 0 Å². The summed E-state index contributed by atoms with van der Waals surface area (Å²) in [7, 11) is -0.452. The van der Waals surface area contributed by atoms with E-state index in [0.29, 0.717) is 11.3 Å². The van der Waals surface area contributed by atoms with Crippen LogP contribution in [0.4, 0.5) is 0 Å². The zero-order valence-electron chi connectivity index (χ0n) is 13.7. The summed E-state index contributed by atoms with van der Waals surface area (Å²) in [5, 5.41) is 4.09. The van der Waals surface area contributed by atoms with Gasteiger partial charge in [-0.25, -0.2) is 4.52 Å². The van der Waals surface area contributed by atoms with Crippen molar-refractivity contribution in [2.45, 2.75) is 38.9 Å². The molecule has 0 aliphatic carbocycles. The fourth-order valence-corrected chi connectivity index (χ4v) is 2.68. The molecule has 0 saturated carbocycles. The fraction of sp³-hybridized carbons (Fsp3) is 0.467. The molecule has 0 spiro atoms. The SMILES string of the molecule is CC1(C)OB(C(=Cc2cc3c(=O)[nH]cnn3c2)CS)OC1(C)C. The molecule has 1 aliphatic rings. The van der Waals surface area contributed by atoms with Gasteiger partial charge in [0.25, 0.3) is 5.56 Å². The smallest absolute Gasteiger partial charge is 0.400 e. The minimum atomic E-state index is -0.452. The lowest BCUT2D eigenvalue weighted by Crippen LogP contribution is -2.41. The van der Waals surface area contributed by atoms with E-state index in [9.17, 15) is 4.79 Å². The van der Waals surface area contributed by atoms with E-state index in [1.54, 1.807) is 16.8 Å².